The number of anilines is 1. The zero-order valence-electron chi connectivity index (χ0n) is 9.12. The van der Waals surface area contributed by atoms with Gasteiger partial charge in [-0.25, -0.2) is 13.8 Å². The first kappa shape index (κ1) is 10.9. The number of thiazole rings is 1. The second-order valence-corrected chi connectivity index (χ2v) is 5.24. The average molecular weight is 253 g/mol. The van der Waals surface area contributed by atoms with Crippen molar-refractivity contribution in [2.24, 2.45) is 0 Å². The normalized spacial score (nSPS) is 19.8. The monoisotopic (exact) mass is 253 g/mol. The lowest BCUT2D eigenvalue weighted by atomic mass is 10.1. The van der Waals surface area contributed by atoms with E-state index in [2.05, 4.69) is 11.1 Å². The highest BCUT2D eigenvalue weighted by Gasteiger charge is 2.34. The zero-order chi connectivity index (χ0) is 11.9. The number of alkyl halides is 2. The standard InChI is InChI=1S/C12H11F2N2S/c13-12(14)5-7-16(8-6-12)11-15-9-3-1-2-4-10(9)17-11/h1,3-4H,5-8H2. The van der Waals surface area contributed by atoms with Crippen LogP contribution in [0.15, 0.2) is 18.2 Å². The van der Waals surface area contributed by atoms with Crippen molar-refractivity contribution in [3.8, 4) is 0 Å². The minimum absolute atomic E-state index is 0.0744. The van der Waals surface area contributed by atoms with Gasteiger partial charge in [0.2, 0.25) is 0 Å². The highest BCUT2D eigenvalue weighted by Crippen LogP contribution is 2.34. The van der Waals surface area contributed by atoms with Crippen molar-refractivity contribution in [2.45, 2.75) is 18.8 Å². The molecule has 1 aromatic heterocycles. The van der Waals surface area contributed by atoms with Crippen molar-refractivity contribution >= 4 is 26.7 Å². The molecular formula is C12H11F2N2S. The van der Waals surface area contributed by atoms with Crippen LogP contribution in [0.3, 0.4) is 0 Å². The Hall–Kier alpha value is -1.23. The van der Waals surface area contributed by atoms with E-state index < -0.39 is 5.92 Å². The second-order valence-electron chi connectivity index (χ2n) is 4.23. The Kier molecular flexibility index (Phi) is 2.50. The first-order valence-corrected chi connectivity index (χ1v) is 6.35. The molecule has 1 saturated heterocycles. The van der Waals surface area contributed by atoms with E-state index in [1.807, 2.05) is 23.1 Å². The van der Waals surface area contributed by atoms with Gasteiger partial charge in [0.05, 0.1) is 10.2 Å². The van der Waals surface area contributed by atoms with Gasteiger partial charge in [0, 0.05) is 25.9 Å². The van der Waals surface area contributed by atoms with Crippen LogP contribution < -0.4 is 4.90 Å². The first-order chi connectivity index (χ1) is 8.14. The quantitative estimate of drug-likeness (QED) is 0.775. The highest BCUT2D eigenvalue weighted by molar-refractivity contribution is 7.22. The number of hydrogen-bond donors (Lipinski definition) is 0. The van der Waals surface area contributed by atoms with Crippen molar-refractivity contribution in [3.63, 3.8) is 0 Å². The molecule has 2 nitrogen and oxygen atoms in total. The molecule has 0 amide bonds. The van der Waals surface area contributed by atoms with Crippen molar-refractivity contribution < 1.29 is 8.78 Å². The predicted molar refractivity (Wildman–Crippen MR) is 64.9 cm³/mol. The van der Waals surface area contributed by atoms with Gasteiger partial charge in [-0.2, -0.15) is 0 Å². The number of benzene rings is 1. The third-order valence-corrected chi connectivity index (χ3v) is 4.07. The Balaban J connectivity index is 1.85. The van der Waals surface area contributed by atoms with Crippen LogP contribution in [0.1, 0.15) is 12.8 Å². The van der Waals surface area contributed by atoms with Crippen LogP contribution in [0.5, 0.6) is 0 Å². The van der Waals surface area contributed by atoms with Crippen LogP contribution in [0, 0.1) is 6.07 Å². The molecule has 17 heavy (non-hydrogen) atoms. The third kappa shape index (κ3) is 2.11. The van der Waals surface area contributed by atoms with Crippen LogP contribution in [-0.2, 0) is 0 Å². The molecule has 0 saturated carbocycles. The van der Waals surface area contributed by atoms with E-state index in [1.165, 1.54) is 0 Å². The molecule has 1 fully saturated rings. The second kappa shape index (κ2) is 3.91. The van der Waals surface area contributed by atoms with Gasteiger partial charge in [-0.15, -0.1) is 0 Å². The smallest absolute Gasteiger partial charge is 0.251 e. The topological polar surface area (TPSA) is 16.1 Å². The maximum absolute atomic E-state index is 13.0. The fourth-order valence-corrected chi connectivity index (χ4v) is 2.96. The van der Waals surface area contributed by atoms with E-state index in [4.69, 9.17) is 0 Å². The summed E-state index contributed by atoms with van der Waals surface area (Å²) in [4.78, 5) is 6.41. The lowest BCUT2D eigenvalue weighted by Crippen LogP contribution is -2.39. The SMILES string of the molecule is FC1(F)CCN(c2nc3cc[c]cc3s2)CC1. The van der Waals surface area contributed by atoms with Crippen LogP contribution in [0.4, 0.5) is 13.9 Å². The van der Waals surface area contributed by atoms with E-state index in [0.29, 0.717) is 13.1 Å². The molecule has 0 spiro atoms. The highest BCUT2D eigenvalue weighted by atomic mass is 32.1. The lowest BCUT2D eigenvalue weighted by molar-refractivity contribution is -0.0220. The van der Waals surface area contributed by atoms with Crippen molar-refractivity contribution in [3.05, 3.63) is 24.3 Å². The van der Waals surface area contributed by atoms with Gasteiger partial charge in [0.25, 0.3) is 5.92 Å². The number of halogens is 2. The Morgan fingerprint density at radius 2 is 2.12 bits per heavy atom. The summed E-state index contributed by atoms with van der Waals surface area (Å²) in [7, 11) is 0. The van der Waals surface area contributed by atoms with Gasteiger partial charge >= 0.3 is 0 Å². The molecule has 5 heteroatoms. The van der Waals surface area contributed by atoms with Gasteiger partial charge in [0.1, 0.15) is 0 Å². The van der Waals surface area contributed by atoms with Crippen LogP contribution in [0.2, 0.25) is 0 Å². The molecule has 0 bridgehead atoms. The summed E-state index contributed by atoms with van der Waals surface area (Å²) in [5, 5.41) is 0.843. The summed E-state index contributed by atoms with van der Waals surface area (Å²) in [6.45, 7) is 0.771. The molecular weight excluding hydrogens is 242 g/mol. The summed E-state index contributed by atoms with van der Waals surface area (Å²) in [5.41, 5.74) is 0.918. The number of nitrogens with zero attached hydrogens (tertiary/aromatic N) is 2. The third-order valence-electron chi connectivity index (χ3n) is 2.99. The molecule has 1 aliphatic rings. The number of fused-ring (bicyclic) bond motifs is 1. The predicted octanol–water partition coefficient (Wildman–Crippen LogP) is 3.33. The van der Waals surface area contributed by atoms with E-state index in [1.54, 1.807) is 11.3 Å². The number of rotatable bonds is 1. The van der Waals surface area contributed by atoms with E-state index >= 15 is 0 Å². The van der Waals surface area contributed by atoms with Crippen LogP contribution in [0.25, 0.3) is 10.2 Å². The summed E-state index contributed by atoms with van der Waals surface area (Å²) in [6.07, 6.45) is -0.149. The molecule has 0 unspecified atom stereocenters. The van der Waals surface area contributed by atoms with Crippen LogP contribution >= 0.6 is 11.3 Å². The summed E-state index contributed by atoms with van der Waals surface area (Å²) < 4.78 is 27.2. The summed E-state index contributed by atoms with van der Waals surface area (Å²) >= 11 is 1.54. The Labute approximate surface area is 102 Å². The molecule has 0 N–H and O–H groups in total. The van der Waals surface area contributed by atoms with Gasteiger partial charge < -0.3 is 4.90 Å². The minimum Gasteiger partial charge on any atom is -0.348 e. The molecule has 0 atom stereocenters. The van der Waals surface area contributed by atoms with Crippen molar-refractivity contribution in [1.82, 2.24) is 4.98 Å². The van der Waals surface area contributed by atoms with E-state index in [0.717, 1.165) is 15.3 Å². The number of piperidine rings is 1. The molecule has 3 rings (SSSR count). The molecule has 1 radical (unpaired) electrons. The zero-order valence-corrected chi connectivity index (χ0v) is 9.94. The van der Waals surface area contributed by atoms with Gasteiger partial charge in [-0.1, -0.05) is 17.4 Å². The van der Waals surface area contributed by atoms with Crippen LogP contribution in [-0.4, -0.2) is 24.0 Å². The minimum atomic E-state index is -2.50. The molecule has 0 aliphatic carbocycles. The summed E-state index contributed by atoms with van der Waals surface area (Å²) in [5.74, 6) is -2.50. The van der Waals surface area contributed by atoms with Crippen molar-refractivity contribution in [1.29, 1.82) is 0 Å². The summed E-state index contributed by atoms with van der Waals surface area (Å²) in [6, 6.07) is 8.59. The van der Waals surface area contributed by atoms with Crippen molar-refractivity contribution in [2.75, 3.05) is 18.0 Å². The Bertz CT molecular complexity index is 495. The van der Waals surface area contributed by atoms with Gasteiger partial charge in [-0.3, -0.25) is 0 Å². The number of hydrogen-bond acceptors (Lipinski definition) is 3. The average Bonchev–Trinajstić information content (AvgIpc) is 2.72. The Morgan fingerprint density at radius 3 is 2.82 bits per heavy atom. The van der Waals surface area contributed by atoms with E-state index in [-0.39, 0.29) is 12.8 Å². The van der Waals surface area contributed by atoms with E-state index in [9.17, 15) is 8.78 Å². The fraction of sp³-hybridized carbons (Fsp3) is 0.417. The molecule has 1 aromatic carbocycles. The number of aromatic nitrogens is 1. The van der Waals surface area contributed by atoms with Gasteiger partial charge in [-0.05, 0) is 18.2 Å². The molecule has 1 aliphatic heterocycles. The maximum Gasteiger partial charge on any atom is 0.251 e. The molecule has 89 valence electrons. The Morgan fingerprint density at radius 1 is 1.35 bits per heavy atom. The molecule has 2 heterocycles. The fourth-order valence-electron chi connectivity index (χ4n) is 1.97. The maximum atomic E-state index is 13.0. The largest absolute Gasteiger partial charge is 0.348 e. The molecule has 2 aromatic rings. The first-order valence-electron chi connectivity index (χ1n) is 5.53. The van der Waals surface area contributed by atoms with Gasteiger partial charge in [0.15, 0.2) is 5.13 Å². The lowest BCUT2D eigenvalue weighted by Gasteiger charge is -2.31.